The molecule has 1 aromatic carbocycles. The van der Waals surface area contributed by atoms with Gasteiger partial charge in [0.15, 0.2) is 6.61 Å². The van der Waals surface area contributed by atoms with E-state index in [1.807, 2.05) is 30.9 Å². The second kappa shape index (κ2) is 16.0. The monoisotopic (exact) mass is 599 g/mol. The molecule has 2 N–H and O–H groups in total. The summed E-state index contributed by atoms with van der Waals surface area (Å²) in [6, 6.07) is 6.21. The minimum absolute atomic E-state index is 0.113. The van der Waals surface area contributed by atoms with Gasteiger partial charge in [-0.15, -0.1) is 0 Å². The number of hydrogen-bond donors (Lipinski definition) is 2. The van der Waals surface area contributed by atoms with E-state index in [4.69, 9.17) is 9.47 Å². The van der Waals surface area contributed by atoms with E-state index in [9.17, 15) is 19.2 Å². The first-order chi connectivity index (χ1) is 20.7. The molecule has 2 fully saturated rings. The number of methoxy groups -OCH3 is 1. The van der Waals surface area contributed by atoms with Crippen molar-refractivity contribution in [3.63, 3.8) is 0 Å². The lowest BCUT2D eigenvalue weighted by molar-refractivity contribution is -0.142. The highest BCUT2D eigenvalue weighted by molar-refractivity contribution is 5.93. The molecule has 1 aliphatic carbocycles. The number of fused-ring (bicyclic) bond motifs is 13. The van der Waals surface area contributed by atoms with Crippen molar-refractivity contribution in [2.24, 2.45) is 5.92 Å². The average molecular weight is 600 g/mol. The molecule has 0 aromatic heterocycles. The molecule has 2 atom stereocenters. The number of ether oxygens (including phenoxy) is 2. The molecule has 43 heavy (non-hydrogen) atoms. The Balaban J connectivity index is 1.53. The van der Waals surface area contributed by atoms with Crippen molar-refractivity contribution in [1.29, 1.82) is 0 Å². The molecule has 1 aromatic rings. The lowest BCUT2D eigenvalue weighted by Gasteiger charge is -2.41. The maximum absolute atomic E-state index is 13.9. The van der Waals surface area contributed by atoms with E-state index in [1.54, 1.807) is 12.1 Å². The van der Waals surface area contributed by atoms with E-state index in [0.717, 1.165) is 18.7 Å². The highest BCUT2D eigenvalue weighted by Gasteiger charge is 2.33. The van der Waals surface area contributed by atoms with E-state index >= 15 is 0 Å². The number of benzene rings is 1. The molecule has 4 amide bonds. The van der Waals surface area contributed by atoms with Crippen LogP contribution in [-0.4, -0.2) is 116 Å². The van der Waals surface area contributed by atoms with E-state index < -0.39 is 23.9 Å². The lowest BCUT2D eigenvalue weighted by Crippen LogP contribution is -2.58. The third-order valence-electron chi connectivity index (χ3n) is 8.64. The Morgan fingerprint density at radius 2 is 1.67 bits per heavy atom. The Kier molecular flexibility index (Phi) is 12.2. The van der Waals surface area contributed by atoms with Crippen molar-refractivity contribution in [3.05, 3.63) is 29.8 Å². The van der Waals surface area contributed by atoms with Crippen molar-refractivity contribution in [2.75, 3.05) is 59.6 Å². The van der Waals surface area contributed by atoms with E-state index in [1.165, 1.54) is 44.1 Å². The minimum atomic E-state index is -0.825. The molecule has 4 aliphatic rings. The van der Waals surface area contributed by atoms with Gasteiger partial charge in [0, 0.05) is 52.3 Å². The average Bonchev–Trinajstić information content (AvgIpc) is 3.01. The highest BCUT2D eigenvalue weighted by atomic mass is 16.5. The Labute approximate surface area is 255 Å². The zero-order valence-corrected chi connectivity index (χ0v) is 26.0. The minimum Gasteiger partial charge on any atom is -0.484 e. The summed E-state index contributed by atoms with van der Waals surface area (Å²) in [7, 11) is 1.53. The van der Waals surface area contributed by atoms with Crippen LogP contribution in [0.1, 0.15) is 57.9 Å². The zero-order chi connectivity index (χ0) is 30.8. The summed E-state index contributed by atoms with van der Waals surface area (Å²) in [6.07, 6.45) is 7.02. The van der Waals surface area contributed by atoms with Crippen molar-refractivity contribution in [3.8, 4) is 5.75 Å². The number of carbonyl (C=O) groups is 4. The molecule has 1 saturated carbocycles. The van der Waals surface area contributed by atoms with Crippen LogP contribution in [0.2, 0.25) is 0 Å². The van der Waals surface area contributed by atoms with Crippen LogP contribution >= 0.6 is 0 Å². The van der Waals surface area contributed by atoms with Crippen molar-refractivity contribution in [2.45, 2.75) is 76.9 Å². The van der Waals surface area contributed by atoms with Gasteiger partial charge in [0.1, 0.15) is 17.8 Å². The molecule has 11 nitrogen and oxygen atoms in total. The molecular formula is C32H49N5O6. The van der Waals surface area contributed by atoms with Gasteiger partial charge < -0.3 is 29.9 Å². The highest BCUT2D eigenvalue weighted by Crippen LogP contribution is 2.24. The van der Waals surface area contributed by atoms with Crippen LogP contribution in [0.15, 0.2) is 24.3 Å². The van der Waals surface area contributed by atoms with Crippen molar-refractivity contribution < 1.29 is 28.7 Å². The fraction of sp³-hybridized carbons (Fsp3) is 0.688. The van der Waals surface area contributed by atoms with Gasteiger partial charge >= 0.3 is 0 Å². The maximum atomic E-state index is 13.9. The molecule has 0 radical (unpaired) electrons. The summed E-state index contributed by atoms with van der Waals surface area (Å²) in [5.41, 5.74) is 0.854. The molecule has 3 heterocycles. The molecule has 11 heteroatoms. The van der Waals surface area contributed by atoms with E-state index in [0.29, 0.717) is 37.7 Å². The Bertz CT molecular complexity index is 1080. The number of nitrogens with zero attached hydrogens (tertiary/aromatic N) is 3. The van der Waals surface area contributed by atoms with Gasteiger partial charge in [-0.05, 0) is 42.9 Å². The quantitative estimate of drug-likeness (QED) is 0.457. The van der Waals surface area contributed by atoms with Crippen LogP contribution < -0.4 is 15.4 Å². The number of nitrogens with one attached hydrogen (secondary N) is 2. The van der Waals surface area contributed by atoms with Gasteiger partial charge in [0.2, 0.25) is 17.7 Å². The zero-order valence-electron chi connectivity index (χ0n) is 26.0. The van der Waals surface area contributed by atoms with Crippen LogP contribution in [0.5, 0.6) is 5.75 Å². The number of rotatable bonds is 7. The summed E-state index contributed by atoms with van der Waals surface area (Å²) in [5, 5.41) is 5.75. The molecule has 5 rings (SSSR count). The number of carbonyl (C=O) groups excluding carboxylic acids is 4. The van der Waals surface area contributed by atoms with Crippen LogP contribution in [0, 0.1) is 5.92 Å². The summed E-state index contributed by atoms with van der Waals surface area (Å²) in [6.45, 7) is 6.77. The predicted octanol–water partition coefficient (Wildman–Crippen LogP) is 1.59. The molecule has 0 spiro atoms. The van der Waals surface area contributed by atoms with Crippen LogP contribution in [-0.2, 0) is 30.3 Å². The topological polar surface area (TPSA) is 121 Å². The van der Waals surface area contributed by atoms with Gasteiger partial charge in [-0.25, -0.2) is 0 Å². The van der Waals surface area contributed by atoms with Gasteiger partial charge in [-0.1, -0.05) is 45.2 Å². The van der Waals surface area contributed by atoms with Gasteiger partial charge in [-0.3, -0.25) is 24.1 Å². The Hall–Kier alpha value is -3.18. The molecule has 1 saturated heterocycles. The third-order valence-corrected chi connectivity index (χ3v) is 8.64. The first-order valence-electron chi connectivity index (χ1n) is 15.8. The van der Waals surface area contributed by atoms with Gasteiger partial charge in [-0.2, -0.15) is 0 Å². The number of piperazine rings is 1. The summed E-state index contributed by atoms with van der Waals surface area (Å²) in [5.74, 6) is -0.702. The second-order valence-corrected chi connectivity index (χ2v) is 12.4. The fourth-order valence-corrected chi connectivity index (χ4v) is 6.31. The second-order valence-electron chi connectivity index (χ2n) is 12.4. The van der Waals surface area contributed by atoms with Crippen LogP contribution in [0.4, 0.5) is 0 Å². The number of amides is 4. The SMILES string of the molecule is COCCN1CC(=O)N[C@H](C(=O)N2CCN(C3CCCCC3)CC2)Cc2ccc(cc2)OCC(=O)N[C@@H](CC(C)C)C1=O. The number of hydrogen-bond acceptors (Lipinski definition) is 7. The largest absolute Gasteiger partial charge is 0.484 e. The molecule has 3 aliphatic heterocycles. The van der Waals surface area contributed by atoms with Crippen LogP contribution in [0.25, 0.3) is 0 Å². The fourth-order valence-electron chi connectivity index (χ4n) is 6.31. The van der Waals surface area contributed by atoms with Crippen molar-refractivity contribution in [1.82, 2.24) is 25.3 Å². The molecule has 2 bridgehead atoms. The first-order valence-corrected chi connectivity index (χ1v) is 15.8. The molecule has 238 valence electrons. The summed E-state index contributed by atoms with van der Waals surface area (Å²) in [4.78, 5) is 59.5. The van der Waals surface area contributed by atoms with Crippen molar-refractivity contribution >= 4 is 23.6 Å². The Morgan fingerprint density at radius 3 is 2.33 bits per heavy atom. The maximum Gasteiger partial charge on any atom is 0.258 e. The Morgan fingerprint density at radius 1 is 0.977 bits per heavy atom. The first kappa shape index (κ1) is 32.7. The van der Waals surface area contributed by atoms with E-state index in [2.05, 4.69) is 15.5 Å². The third kappa shape index (κ3) is 9.66. The summed E-state index contributed by atoms with van der Waals surface area (Å²) >= 11 is 0. The van der Waals surface area contributed by atoms with Gasteiger partial charge in [0.25, 0.3) is 5.91 Å². The summed E-state index contributed by atoms with van der Waals surface area (Å²) < 4.78 is 10.9. The standard InChI is InChI=1S/C32H49N5O6/c1-23(2)19-27-32(41)37(17-18-42-3)21-29(38)33-28(20-24-9-11-26(12-10-24)43-22-30(39)34-27)31(40)36-15-13-35(14-16-36)25-7-5-4-6-8-25/h9-12,23,25,27-28H,4-8,13-22H2,1-3H3,(H,33,38)(H,34,39)/t27-,28-/m0/s1. The molecule has 0 unspecified atom stereocenters. The lowest BCUT2D eigenvalue weighted by atomic mass is 9.93. The molecular weight excluding hydrogens is 550 g/mol. The van der Waals surface area contributed by atoms with Gasteiger partial charge in [0.05, 0.1) is 13.2 Å². The van der Waals surface area contributed by atoms with E-state index in [-0.39, 0.29) is 44.0 Å². The predicted molar refractivity (Wildman–Crippen MR) is 162 cm³/mol. The normalized spacial score (nSPS) is 23.7. The van der Waals surface area contributed by atoms with Crippen LogP contribution in [0.3, 0.4) is 0 Å². The smallest absolute Gasteiger partial charge is 0.258 e.